The number of rotatable bonds is 20. The third kappa shape index (κ3) is 10.7. The molecule has 3 aromatic rings. The molecule has 2 heterocycles. The first-order chi connectivity index (χ1) is 29.6. The number of hydrogen-bond acceptors (Lipinski definition) is 10. The highest BCUT2D eigenvalue weighted by atomic mass is 16.6. The van der Waals surface area contributed by atoms with E-state index in [9.17, 15) is 28.8 Å². The van der Waals surface area contributed by atoms with Crippen molar-refractivity contribution in [3.05, 3.63) is 101 Å². The molecule has 336 valence electrons. The van der Waals surface area contributed by atoms with E-state index in [1.54, 1.807) is 84.0 Å². The Hall–Kier alpha value is -6.71. The van der Waals surface area contributed by atoms with Crippen molar-refractivity contribution in [1.29, 1.82) is 0 Å². The summed E-state index contributed by atoms with van der Waals surface area (Å²) in [6, 6.07) is 19.3. The summed E-state index contributed by atoms with van der Waals surface area (Å²) in [5.74, 6) is -3.06. The standard InChI is InChI=1S/C47H59N7O9/c1-28(2)38(56)51-20-12-22-53-41(59)46(7,26-29(37(48)55)25-44(3,4)40(58)52-21-13-23-54-43(49)50)27-45(5,6)42(60)61-30-18-19-34-36(24-30)62-35-17-11-10-16-33(35)47(34)32-15-9-8-14-31(32)39(57)63-47/h8-11,14-19,24,29H,1,12-13,20-23,25-27H2,2-7H3,(H2,48,55)(H,51,56)(H,52,58)(H,53,59)(H4,49,50,54). The summed E-state index contributed by atoms with van der Waals surface area (Å²) < 4.78 is 18.5. The molecule has 63 heavy (non-hydrogen) atoms. The molecule has 9 N–H and O–H groups in total. The summed E-state index contributed by atoms with van der Waals surface area (Å²) in [6.45, 7) is 14.6. The smallest absolute Gasteiger partial charge is 0.340 e. The van der Waals surface area contributed by atoms with Crippen LogP contribution in [-0.4, -0.2) is 67.7 Å². The molecule has 3 atom stereocenters. The fourth-order valence-corrected chi connectivity index (χ4v) is 8.32. The maximum absolute atomic E-state index is 14.3. The van der Waals surface area contributed by atoms with Crippen molar-refractivity contribution in [2.75, 3.05) is 26.2 Å². The Morgan fingerprint density at radius 1 is 0.778 bits per heavy atom. The Bertz CT molecular complexity index is 2320. The topological polar surface area (TPSA) is 257 Å². The highest BCUT2D eigenvalue weighted by Gasteiger charge is 2.53. The quantitative estimate of drug-likeness (QED) is 0.0231. The van der Waals surface area contributed by atoms with E-state index in [0.29, 0.717) is 58.7 Å². The summed E-state index contributed by atoms with van der Waals surface area (Å²) in [6.07, 6.45) is 0.674. The summed E-state index contributed by atoms with van der Waals surface area (Å²) >= 11 is 0. The maximum Gasteiger partial charge on any atom is 0.340 e. The van der Waals surface area contributed by atoms with Crippen LogP contribution < -0.4 is 42.6 Å². The molecule has 1 spiro atoms. The summed E-state index contributed by atoms with van der Waals surface area (Å²) in [7, 11) is 0. The lowest BCUT2D eigenvalue weighted by molar-refractivity contribution is -0.148. The van der Waals surface area contributed by atoms with Crippen molar-refractivity contribution < 1.29 is 43.0 Å². The van der Waals surface area contributed by atoms with Gasteiger partial charge >= 0.3 is 11.9 Å². The van der Waals surface area contributed by atoms with Gasteiger partial charge in [-0.05, 0) is 77.1 Å². The van der Waals surface area contributed by atoms with Crippen molar-refractivity contribution in [2.24, 2.45) is 44.4 Å². The number of fused-ring (bicyclic) bond motifs is 6. The number of carbonyl (C=O) groups is 6. The van der Waals surface area contributed by atoms with Crippen LogP contribution >= 0.6 is 0 Å². The molecule has 0 radical (unpaired) electrons. The first-order valence-corrected chi connectivity index (χ1v) is 20.9. The van der Waals surface area contributed by atoms with Crippen molar-refractivity contribution in [3.8, 4) is 17.2 Å². The molecule has 0 bridgehead atoms. The Morgan fingerprint density at radius 3 is 2.08 bits per heavy atom. The minimum absolute atomic E-state index is 0.00226. The van der Waals surface area contributed by atoms with Crippen LogP contribution in [0.2, 0.25) is 0 Å². The Labute approximate surface area is 367 Å². The van der Waals surface area contributed by atoms with Crippen LogP contribution in [0, 0.1) is 22.2 Å². The minimum atomic E-state index is -1.40. The molecule has 0 fully saturated rings. The Morgan fingerprint density at radius 2 is 1.40 bits per heavy atom. The van der Waals surface area contributed by atoms with Crippen LogP contribution in [0.15, 0.2) is 83.9 Å². The Balaban J connectivity index is 1.38. The molecule has 2 aliphatic heterocycles. The molecule has 0 aromatic heterocycles. The predicted octanol–water partition coefficient (Wildman–Crippen LogP) is 4.47. The van der Waals surface area contributed by atoms with Crippen LogP contribution in [0.5, 0.6) is 17.2 Å². The fraction of sp³-hybridized carbons (Fsp3) is 0.426. The zero-order valence-electron chi connectivity index (χ0n) is 36.9. The molecule has 16 nitrogen and oxygen atoms in total. The van der Waals surface area contributed by atoms with E-state index in [1.807, 2.05) is 24.3 Å². The van der Waals surface area contributed by atoms with Crippen molar-refractivity contribution in [3.63, 3.8) is 0 Å². The summed E-state index contributed by atoms with van der Waals surface area (Å²) in [5, 5.41) is 8.49. The van der Waals surface area contributed by atoms with E-state index >= 15 is 0 Å². The largest absolute Gasteiger partial charge is 0.456 e. The van der Waals surface area contributed by atoms with Gasteiger partial charge in [-0.25, -0.2) is 4.79 Å². The highest BCUT2D eigenvalue weighted by molar-refractivity contribution is 5.97. The first-order valence-electron chi connectivity index (χ1n) is 20.9. The number of aliphatic imine (C=N–C) groups is 1. The van der Waals surface area contributed by atoms with E-state index < -0.39 is 51.5 Å². The number of ether oxygens (including phenoxy) is 3. The number of nitrogens with zero attached hydrogens (tertiary/aromatic N) is 1. The molecular formula is C47H59N7O9. The first kappa shape index (κ1) is 47.3. The van der Waals surface area contributed by atoms with E-state index in [1.165, 1.54) is 0 Å². The molecule has 5 rings (SSSR count). The summed E-state index contributed by atoms with van der Waals surface area (Å²) in [4.78, 5) is 84.1. The second-order valence-electron chi connectivity index (χ2n) is 17.8. The van der Waals surface area contributed by atoms with Gasteiger partial charge in [0.05, 0.1) is 11.0 Å². The van der Waals surface area contributed by atoms with Crippen LogP contribution in [0.25, 0.3) is 0 Å². The van der Waals surface area contributed by atoms with Crippen molar-refractivity contribution >= 4 is 41.5 Å². The molecule has 0 saturated heterocycles. The number of esters is 2. The average molecular weight is 866 g/mol. The molecule has 3 unspecified atom stereocenters. The van der Waals surface area contributed by atoms with E-state index in [-0.39, 0.29) is 62.4 Å². The molecule has 3 aromatic carbocycles. The lowest BCUT2D eigenvalue weighted by Gasteiger charge is -2.38. The van der Waals surface area contributed by atoms with Crippen LogP contribution in [0.4, 0.5) is 0 Å². The maximum atomic E-state index is 14.3. The second kappa shape index (κ2) is 19.1. The molecule has 0 aliphatic carbocycles. The number of para-hydroxylation sites is 1. The van der Waals surface area contributed by atoms with Gasteiger partial charge in [-0.1, -0.05) is 63.7 Å². The van der Waals surface area contributed by atoms with E-state index in [0.717, 1.165) is 0 Å². The molecule has 16 heteroatoms. The van der Waals surface area contributed by atoms with E-state index in [4.69, 9.17) is 31.4 Å². The SMILES string of the molecule is C=C(C)C(=O)NCCCNC(=O)C(C)(CC(CC(C)(C)C(=O)NCCCN=C(N)N)C(N)=O)CC(C)(C)C(=O)Oc1ccc2c(c1)Oc1ccccc1C21OC(=O)c2ccccc21. The predicted molar refractivity (Wildman–Crippen MR) is 236 cm³/mol. The number of hydrogen-bond donors (Lipinski definition) is 6. The van der Waals surface area contributed by atoms with Gasteiger partial charge in [0.2, 0.25) is 23.6 Å². The third-order valence-electron chi connectivity index (χ3n) is 11.4. The van der Waals surface area contributed by atoms with Gasteiger partial charge in [-0.2, -0.15) is 0 Å². The molecule has 4 amide bonds. The van der Waals surface area contributed by atoms with Gasteiger partial charge in [0, 0.05) is 71.3 Å². The van der Waals surface area contributed by atoms with Crippen LogP contribution in [0.1, 0.15) is 101 Å². The average Bonchev–Trinajstić information content (AvgIpc) is 3.51. The fourth-order valence-electron chi connectivity index (χ4n) is 8.32. The Kier molecular flexibility index (Phi) is 14.4. The van der Waals surface area contributed by atoms with Gasteiger partial charge in [-0.15, -0.1) is 0 Å². The lowest BCUT2D eigenvalue weighted by atomic mass is 9.67. The van der Waals surface area contributed by atoms with E-state index in [2.05, 4.69) is 27.5 Å². The number of amides is 4. The number of nitrogens with two attached hydrogens (primary N) is 3. The molecule has 0 saturated carbocycles. The highest BCUT2D eigenvalue weighted by Crippen LogP contribution is 2.56. The number of carbonyl (C=O) groups excluding carboxylic acids is 6. The van der Waals surface area contributed by atoms with Crippen molar-refractivity contribution in [1.82, 2.24) is 16.0 Å². The number of guanidine groups is 1. The number of nitrogens with one attached hydrogen (secondary N) is 3. The number of benzene rings is 3. The van der Waals surface area contributed by atoms with Crippen LogP contribution in [0.3, 0.4) is 0 Å². The van der Waals surface area contributed by atoms with Gasteiger partial charge in [0.15, 0.2) is 11.6 Å². The second-order valence-corrected chi connectivity index (χ2v) is 17.8. The number of primary amides is 1. The van der Waals surface area contributed by atoms with Gasteiger partial charge in [0.25, 0.3) is 0 Å². The van der Waals surface area contributed by atoms with Crippen LogP contribution in [-0.2, 0) is 34.3 Å². The lowest BCUT2D eigenvalue weighted by Crippen LogP contribution is -2.48. The normalized spacial score (nSPS) is 16.4. The van der Waals surface area contributed by atoms with Gasteiger partial charge in [0.1, 0.15) is 17.2 Å². The minimum Gasteiger partial charge on any atom is -0.456 e. The zero-order valence-corrected chi connectivity index (χ0v) is 36.9. The summed E-state index contributed by atoms with van der Waals surface area (Å²) in [5.41, 5.74) is 14.3. The van der Waals surface area contributed by atoms with Gasteiger partial charge in [-0.3, -0.25) is 29.0 Å². The van der Waals surface area contributed by atoms with Gasteiger partial charge < -0.3 is 47.4 Å². The third-order valence-corrected chi connectivity index (χ3v) is 11.4. The molecular weight excluding hydrogens is 807 g/mol. The monoisotopic (exact) mass is 865 g/mol. The molecule has 2 aliphatic rings. The van der Waals surface area contributed by atoms with Crippen molar-refractivity contribution in [2.45, 2.75) is 79.2 Å². The zero-order chi connectivity index (χ0) is 46.3.